The van der Waals surface area contributed by atoms with Gasteiger partial charge in [0.25, 0.3) is 0 Å². The Morgan fingerprint density at radius 2 is 1.80 bits per heavy atom. The van der Waals surface area contributed by atoms with Crippen molar-refractivity contribution < 1.29 is 13.2 Å². The summed E-state index contributed by atoms with van der Waals surface area (Å²) in [4.78, 5) is 0.195. The fourth-order valence-electron chi connectivity index (χ4n) is 1.58. The summed E-state index contributed by atoms with van der Waals surface area (Å²) in [5.74, 6) is 5.86. The highest BCUT2D eigenvalue weighted by atomic mass is 32.2. The molecule has 0 saturated heterocycles. The van der Waals surface area contributed by atoms with Crippen molar-refractivity contribution in [3.63, 3.8) is 0 Å². The van der Waals surface area contributed by atoms with Gasteiger partial charge in [-0.15, -0.1) is 0 Å². The first kappa shape index (κ1) is 17.0. The van der Waals surface area contributed by atoms with E-state index >= 15 is 0 Å². The Bertz CT molecular complexity index is 513. The molecule has 4 heteroatoms. The SMILES string of the molecule is CCCc1ccc(C#CC(C)(C)C)c(SC(F)(F)F)c1. The van der Waals surface area contributed by atoms with Crippen LogP contribution in [0.15, 0.2) is 23.1 Å². The largest absolute Gasteiger partial charge is 0.446 e. The molecule has 20 heavy (non-hydrogen) atoms. The van der Waals surface area contributed by atoms with Crippen LogP contribution in [0.5, 0.6) is 0 Å². The third kappa shape index (κ3) is 6.38. The lowest BCUT2D eigenvalue weighted by Gasteiger charge is -2.11. The van der Waals surface area contributed by atoms with Gasteiger partial charge in [-0.25, -0.2) is 0 Å². The number of thioether (sulfide) groups is 1. The van der Waals surface area contributed by atoms with Crippen molar-refractivity contribution in [2.45, 2.75) is 50.9 Å². The molecule has 0 radical (unpaired) electrons. The van der Waals surface area contributed by atoms with E-state index in [2.05, 4.69) is 11.8 Å². The van der Waals surface area contributed by atoms with Gasteiger partial charge in [0.2, 0.25) is 0 Å². The van der Waals surface area contributed by atoms with Crippen LogP contribution < -0.4 is 0 Å². The fourth-order valence-corrected chi connectivity index (χ4v) is 2.27. The Hall–Kier alpha value is -1.08. The first-order valence-corrected chi connectivity index (χ1v) is 7.34. The zero-order valence-electron chi connectivity index (χ0n) is 12.2. The zero-order chi connectivity index (χ0) is 15.4. The van der Waals surface area contributed by atoms with Gasteiger partial charge >= 0.3 is 5.51 Å². The summed E-state index contributed by atoms with van der Waals surface area (Å²) in [6, 6.07) is 5.16. The molecule has 0 unspecified atom stereocenters. The van der Waals surface area contributed by atoms with Gasteiger partial charge < -0.3 is 0 Å². The van der Waals surface area contributed by atoms with Gasteiger partial charge in [-0.3, -0.25) is 0 Å². The standard InChI is InChI=1S/C16H19F3S/c1-5-6-12-7-8-13(9-10-15(2,3)4)14(11-12)20-16(17,18)19/h7-8,11H,5-6H2,1-4H3. The molecule has 0 N–H and O–H groups in total. The predicted molar refractivity (Wildman–Crippen MR) is 78.7 cm³/mol. The first-order chi connectivity index (χ1) is 9.11. The number of alkyl halides is 3. The number of aryl methyl sites for hydroxylation is 1. The molecule has 0 aliphatic heterocycles. The fraction of sp³-hybridized carbons (Fsp3) is 0.500. The summed E-state index contributed by atoms with van der Waals surface area (Å²) in [5, 5.41) is 0. The lowest BCUT2D eigenvalue weighted by molar-refractivity contribution is -0.0328. The number of benzene rings is 1. The Morgan fingerprint density at radius 1 is 1.15 bits per heavy atom. The minimum atomic E-state index is -4.29. The maximum absolute atomic E-state index is 12.6. The molecule has 0 amide bonds. The molecule has 0 aliphatic carbocycles. The summed E-state index contributed by atoms with van der Waals surface area (Å²) in [6.45, 7) is 7.80. The Morgan fingerprint density at radius 3 is 2.30 bits per heavy atom. The van der Waals surface area contributed by atoms with E-state index in [1.807, 2.05) is 33.8 Å². The summed E-state index contributed by atoms with van der Waals surface area (Å²) >= 11 is -0.0845. The second kappa shape index (κ2) is 6.58. The maximum Gasteiger partial charge on any atom is 0.446 e. The second-order valence-corrected chi connectivity index (χ2v) is 6.74. The first-order valence-electron chi connectivity index (χ1n) is 6.52. The molecule has 1 aromatic rings. The lowest BCUT2D eigenvalue weighted by Crippen LogP contribution is -2.02. The molecular weight excluding hydrogens is 281 g/mol. The predicted octanol–water partition coefficient (Wildman–Crippen LogP) is 5.65. The smallest absolute Gasteiger partial charge is 0.160 e. The summed E-state index contributed by atoms with van der Waals surface area (Å²) in [6.07, 6.45) is 1.68. The van der Waals surface area contributed by atoms with Gasteiger partial charge in [-0.1, -0.05) is 31.3 Å². The van der Waals surface area contributed by atoms with E-state index < -0.39 is 5.51 Å². The molecule has 0 fully saturated rings. The summed E-state index contributed by atoms with van der Waals surface area (Å²) < 4.78 is 37.9. The number of halogens is 3. The molecule has 0 aromatic heterocycles. The molecule has 0 spiro atoms. The van der Waals surface area contributed by atoms with Crippen molar-refractivity contribution >= 4 is 11.8 Å². The van der Waals surface area contributed by atoms with Crippen LogP contribution in [-0.2, 0) is 6.42 Å². The highest BCUT2D eigenvalue weighted by Crippen LogP contribution is 2.39. The van der Waals surface area contributed by atoms with E-state index in [0.717, 1.165) is 18.4 Å². The molecule has 0 saturated carbocycles. The molecule has 0 atom stereocenters. The molecule has 110 valence electrons. The average Bonchev–Trinajstić information content (AvgIpc) is 2.25. The van der Waals surface area contributed by atoms with Crippen LogP contribution >= 0.6 is 11.8 Å². The Kier molecular flexibility index (Phi) is 5.59. The van der Waals surface area contributed by atoms with Gasteiger partial charge in [0.1, 0.15) is 0 Å². The summed E-state index contributed by atoms with van der Waals surface area (Å²) in [5.41, 5.74) is -3.16. The molecule has 0 nitrogen and oxygen atoms in total. The van der Waals surface area contributed by atoms with Crippen LogP contribution in [0, 0.1) is 17.3 Å². The van der Waals surface area contributed by atoms with E-state index in [1.54, 1.807) is 12.1 Å². The molecule has 0 bridgehead atoms. The minimum absolute atomic E-state index is 0.0845. The average molecular weight is 300 g/mol. The number of rotatable bonds is 3. The zero-order valence-corrected chi connectivity index (χ0v) is 13.0. The van der Waals surface area contributed by atoms with Crippen molar-refractivity contribution in [2.75, 3.05) is 0 Å². The highest BCUT2D eigenvalue weighted by molar-refractivity contribution is 8.00. The van der Waals surface area contributed by atoms with Crippen LogP contribution in [-0.4, -0.2) is 5.51 Å². The van der Waals surface area contributed by atoms with Crippen molar-refractivity contribution in [2.24, 2.45) is 5.41 Å². The van der Waals surface area contributed by atoms with E-state index in [0.29, 0.717) is 5.56 Å². The van der Waals surface area contributed by atoms with E-state index in [1.165, 1.54) is 0 Å². The van der Waals surface area contributed by atoms with E-state index in [9.17, 15) is 13.2 Å². The molecule has 0 heterocycles. The normalized spacial score (nSPS) is 11.9. The molecule has 1 aromatic carbocycles. The van der Waals surface area contributed by atoms with E-state index in [-0.39, 0.29) is 22.1 Å². The van der Waals surface area contributed by atoms with Gasteiger partial charge in [0.05, 0.1) is 0 Å². The monoisotopic (exact) mass is 300 g/mol. The van der Waals surface area contributed by atoms with Crippen LogP contribution in [0.25, 0.3) is 0 Å². The number of hydrogen-bond acceptors (Lipinski definition) is 1. The van der Waals surface area contributed by atoms with Crippen LogP contribution in [0.4, 0.5) is 13.2 Å². The van der Waals surface area contributed by atoms with Gasteiger partial charge in [0, 0.05) is 15.9 Å². The third-order valence-corrected chi connectivity index (χ3v) is 3.17. The second-order valence-electron chi connectivity index (χ2n) is 5.63. The molecule has 1 rings (SSSR count). The van der Waals surface area contributed by atoms with Gasteiger partial charge in [0.15, 0.2) is 0 Å². The Labute approximate surface area is 123 Å². The highest BCUT2D eigenvalue weighted by Gasteiger charge is 2.30. The van der Waals surface area contributed by atoms with Gasteiger partial charge in [-0.05, 0) is 56.7 Å². The van der Waals surface area contributed by atoms with Crippen molar-refractivity contribution in [1.82, 2.24) is 0 Å². The quantitative estimate of drug-likeness (QED) is 0.513. The maximum atomic E-state index is 12.6. The van der Waals surface area contributed by atoms with Crippen molar-refractivity contribution in [1.29, 1.82) is 0 Å². The van der Waals surface area contributed by atoms with Gasteiger partial charge in [-0.2, -0.15) is 13.2 Å². The van der Waals surface area contributed by atoms with E-state index in [4.69, 9.17) is 0 Å². The van der Waals surface area contributed by atoms with Crippen LogP contribution in [0.2, 0.25) is 0 Å². The topological polar surface area (TPSA) is 0 Å². The van der Waals surface area contributed by atoms with Crippen molar-refractivity contribution in [3.05, 3.63) is 29.3 Å². The minimum Gasteiger partial charge on any atom is -0.160 e. The third-order valence-electron chi connectivity index (χ3n) is 2.38. The lowest BCUT2D eigenvalue weighted by atomic mass is 9.97. The Balaban J connectivity index is 3.17. The number of hydrogen-bond donors (Lipinski definition) is 0. The molecular formula is C16H19F3S. The van der Waals surface area contributed by atoms with Crippen LogP contribution in [0.1, 0.15) is 45.2 Å². The van der Waals surface area contributed by atoms with Crippen molar-refractivity contribution in [3.8, 4) is 11.8 Å². The summed E-state index contributed by atoms with van der Waals surface area (Å²) in [7, 11) is 0. The van der Waals surface area contributed by atoms with Crippen LogP contribution in [0.3, 0.4) is 0 Å². The molecule has 0 aliphatic rings.